The Hall–Kier alpha value is -0.810. The topological polar surface area (TPSA) is 38.0 Å². The summed E-state index contributed by atoms with van der Waals surface area (Å²) in [6, 6.07) is 4.23. The number of alkyl halides is 2. The minimum atomic E-state index is -2.52. The average Bonchev–Trinajstić information content (AvgIpc) is 2.03. The van der Waals surface area contributed by atoms with Crippen LogP contribution in [-0.2, 0) is 0 Å². The maximum atomic E-state index is 12.2. The zero-order valence-electron chi connectivity index (χ0n) is 6.09. The molecule has 12 heavy (non-hydrogen) atoms. The van der Waals surface area contributed by atoms with Crippen LogP contribution in [0.1, 0.15) is 12.0 Å². The molecule has 0 unspecified atom stereocenters. The maximum Gasteiger partial charge on any atom is 0.265 e. The normalized spacial score (nSPS) is 10.4. The number of nitrogens with two attached hydrogens (primary N) is 1. The molecular formula is C7H8F2N2S. The number of rotatable bonds is 2. The smallest absolute Gasteiger partial charge is 0.265 e. The molecule has 0 saturated heterocycles. The third-order valence-corrected chi connectivity index (χ3v) is 1.71. The first kappa shape index (κ1) is 9.28. The Morgan fingerprint density at radius 1 is 1.42 bits per heavy atom. The van der Waals surface area contributed by atoms with Gasteiger partial charge in [0.15, 0.2) is 0 Å². The van der Waals surface area contributed by atoms with Crippen molar-refractivity contribution in [2.75, 3.05) is 5.43 Å². The largest absolute Gasteiger partial charge is 0.324 e. The van der Waals surface area contributed by atoms with Crippen molar-refractivity contribution in [1.82, 2.24) is 0 Å². The van der Waals surface area contributed by atoms with E-state index < -0.39 is 6.43 Å². The molecule has 2 nitrogen and oxygen atoms in total. The van der Waals surface area contributed by atoms with E-state index in [1.807, 2.05) is 0 Å². The van der Waals surface area contributed by atoms with Crippen LogP contribution in [0.25, 0.3) is 0 Å². The Bertz CT molecular complexity index is 278. The van der Waals surface area contributed by atoms with E-state index in [4.69, 9.17) is 5.84 Å². The van der Waals surface area contributed by atoms with Gasteiger partial charge in [-0.1, -0.05) is 6.07 Å². The number of benzene rings is 1. The Morgan fingerprint density at radius 2 is 2.08 bits per heavy atom. The monoisotopic (exact) mass is 190 g/mol. The van der Waals surface area contributed by atoms with Gasteiger partial charge in [-0.2, -0.15) is 0 Å². The third kappa shape index (κ3) is 1.86. The second-order valence-electron chi connectivity index (χ2n) is 2.22. The van der Waals surface area contributed by atoms with Gasteiger partial charge in [0.2, 0.25) is 0 Å². The van der Waals surface area contributed by atoms with Crippen molar-refractivity contribution in [3.05, 3.63) is 23.8 Å². The molecule has 66 valence electrons. The molecule has 0 fully saturated rings. The summed E-state index contributed by atoms with van der Waals surface area (Å²) in [7, 11) is 0. The first-order valence-corrected chi connectivity index (χ1v) is 3.67. The lowest BCUT2D eigenvalue weighted by Crippen LogP contribution is -2.09. The molecule has 0 spiro atoms. The van der Waals surface area contributed by atoms with Crippen molar-refractivity contribution in [3.63, 3.8) is 0 Å². The number of hydrazine groups is 1. The summed E-state index contributed by atoms with van der Waals surface area (Å²) in [5.41, 5.74) is 2.28. The van der Waals surface area contributed by atoms with Crippen LogP contribution in [0.2, 0.25) is 0 Å². The van der Waals surface area contributed by atoms with Crippen molar-refractivity contribution in [3.8, 4) is 0 Å². The van der Waals surface area contributed by atoms with Gasteiger partial charge in [-0.25, -0.2) is 8.78 Å². The van der Waals surface area contributed by atoms with E-state index in [1.54, 1.807) is 0 Å². The van der Waals surface area contributed by atoms with Gasteiger partial charge in [0.1, 0.15) is 0 Å². The number of hydrogen-bond acceptors (Lipinski definition) is 3. The lowest BCUT2D eigenvalue weighted by molar-refractivity contribution is 0.152. The van der Waals surface area contributed by atoms with E-state index in [9.17, 15) is 8.78 Å². The van der Waals surface area contributed by atoms with Crippen molar-refractivity contribution in [1.29, 1.82) is 0 Å². The summed E-state index contributed by atoms with van der Waals surface area (Å²) in [6.45, 7) is 0. The van der Waals surface area contributed by atoms with Gasteiger partial charge in [0, 0.05) is 10.5 Å². The van der Waals surface area contributed by atoms with Crippen LogP contribution in [0.3, 0.4) is 0 Å². The van der Waals surface area contributed by atoms with E-state index in [-0.39, 0.29) is 11.3 Å². The molecule has 1 aromatic rings. The zero-order chi connectivity index (χ0) is 9.14. The fourth-order valence-electron chi connectivity index (χ4n) is 0.860. The lowest BCUT2D eigenvalue weighted by atomic mass is 10.2. The van der Waals surface area contributed by atoms with Crippen LogP contribution < -0.4 is 11.3 Å². The van der Waals surface area contributed by atoms with Crippen LogP contribution in [0.4, 0.5) is 14.5 Å². The SMILES string of the molecule is NNc1cc(S)ccc1C(F)F. The summed E-state index contributed by atoms with van der Waals surface area (Å²) in [6.07, 6.45) is -2.52. The average molecular weight is 190 g/mol. The molecule has 1 rings (SSSR count). The summed E-state index contributed by atoms with van der Waals surface area (Å²) < 4.78 is 24.5. The molecule has 0 heterocycles. The molecule has 3 N–H and O–H groups in total. The molecule has 0 bridgehead atoms. The number of anilines is 1. The van der Waals surface area contributed by atoms with E-state index in [2.05, 4.69) is 18.1 Å². The number of thiol groups is 1. The number of halogens is 2. The second-order valence-corrected chi connectivity index (χ2v) is 2.73. The predicted molar refractivity (Wildman–Crippen MR) is 46.5 cm³/mol. The first-order chi connectivity index (χ1) is 5.65. The summed E-state index contributed by atoms with van der Waals surface area (Å²) in [5, 5.41) is 0. The van der Waals surface area contributed by atoms with Crippen LogP contribution in [0, 0.1) is 0 Å². The molecule has 0 saturated carbocycles. The quantitative estimate of drug-likeness (QED) is 0.380. The highest BCUT2D eigenvalue weighted by molar-refractivity contribution is 7.80. The van der Waals surface area contributed by atoms with Gasteiger partial charge < -0.3 is 5.43 Å². The van der Waals surface area contributed by atoms with Crippen LogP contribution >= 0.6 is 12.6 Å². The van der Waals surface area contributed by atoms with Gasteiger partial charge in [0.05, 0.1) is 5.69 Å². The predicted octanol–water partition coefficient (Wildman–Crippen LogP) is 2.20. The minimum absolute atomic E-state index is 0.115. The fraction of sp³-hybridized carbons (Fsp3) is 0.143. The second kappa shape index (κ2) is 3.73. The lowest BCUT2D eigenvalue weighted by Gasteiger charge is -2.07. The number of hydrogen-bond donors (Lipinski definition) is 3. The van der Waals surface area contributed by atoms with Crippen molar-refractivity contribution >= 4 is 18.3 Å². The zero-order valence-corrected chi connectivity index (χ0v) is 6.98. The van der Waals surface area contributed by atoms with Crippen LogP contribution in [0.5, 0.6) is 0 Å². The van der Waals surface area contributed by atoms with Gasteiger partial charge >= 0.3 is 0 Å². The summed E-state index contributed by atoms with van der Waals surface area (Å²) in [5.74, 6) is 5.04. The standard InChI is InChI=1S/C7H8F2N2S/c8-7(9)5-2-1-4(12)3-6(5)11-10/h1-3,7,11-12H,10H2. The Morgan fingerprint density at radius 3 is 2.58 bits per heavy atom. The summed E-state index contributed by atoms with van der Waals surface area (Å²) in [4.78, 5) is 0.590. The molecule has 0 aliphatic rings. The molecule has 1 aromatic carbocycles. The van der Waals surface area contributed by atoms with Crippen LogP contribution in [0.15, 0.2) is 23.1 Å². The Labute approximate surface area is 74.1 Å². The van der Waals surface area contributed by atoms with Gasteiger partial charge in [-0.15, -0.1) is 12.6 Å². The van der Waals surface area contributed by atoms with E-state index in [0.717, 1.165) is 0 Å². The van der Waals surface area contributed by atoms with Crippen LogP contribution in [-0.4, -0.2) is 0 Å². The van der Waals surface area contributed by atoms with Crippen molar-refractivity contribution in [2.45, 2.75) is 11.3 Å². The molecule has 0 aliphatic carbocycles. The van der Waals surface area contributed by atoms with E-state index >= 15 is 0 Å². The molecule has 0 atom stereocenters. The van der Waals surface area contributed by atoms with Gasteiger partial charge in [-0.3, -0.25) is 5.84 Å². The van der Waals surface area contributed by atoms with Crippen molar-refractivity contribution < 1.29 is 8.78 Å². The van der Waals surface area contributed by atoms with Gasteiger partial charge in [-0.05, 0) is 12.1 Å². The maximum absolute atomic E-state index is 12.2. The fourth-order valence-corrected chi connectivity index (χ4v) is 1.06. The summed E-state index contributed by atoms with van der Waals surface area (Å²) >= 11 is 3.98. The molecule has 0 aromatic heterocycles. The minimum Gasteiger partial charge on any atom is -0.324 e. The Balaban J connectivity index is 3.11. The highest BCUT2D eigenvalue weighted by Gasteiger charge is 2.11. The Kier molecular flexibility index (Phi) is 2.88. The highest BCUT2D eigenvalue weighted by Crippen LogP contribution is 2.28. The van der Waals surface area contributed by atoms with E-state index in [0.29, 0.717) is 4.90 Å². The number of nitrogens with one attached hydrogen (secondary N) is 1. The molecule has 0 radical (unpaired) electrons. The molecule has 0 amide bonds. The first-order valence-electron chi connectivity index (χ1n) is 3.23. The molecular weight excluding hydrogens is 182 g/mol. The van der Waals surface area contributed by atoms with Crippen molar-refractivity contribution in [2.24, 2.45) is 5.84 Å². The number of nitrogen functional groups attached to an aromatic ring is 1. The molecule has 0 aliphatic heterocycles. The molecule has 5 heteroatoms. The van der Waals surface area contributed by atoms with E-state index in [1.165, 1.54) is 18.2 Å². The van der Waals surface area contributed by atoms with Gasteiger partial charge in [0.25, 0.3) is 6.43 Å². The highest BCUT2D eigenvalue weighted by atomic mass is 32.1. The third-order valence-electron chi connectivity index (χ3n) is 1.43.